The van der Waals surface area contributed by atoms with Crippen LogP contribution in [0.15, 0.2) is 37.0 Å². The summed E-state index contributed by atoms with van der Waals surface area (Å²) in [6.07, 6.45) is 22.0. The van der Waals surface area contributed by atoms with Gasteiger partial charge in [0.2, 0.25) is 0 Å². The molecule has 2 unspecified atom stereocenters. The van der Waals surface area contributed by atoms with Crippen molar-refractivity contribution in [2.24, 2.45) is 17.8 Å². The highest BCUT2D eigenvalue weighted by atomic mass is 28.3. The maximum absolute atomic E-state index is 3.80. The third kappa shape index (κ3) is 16.6. The van der Waals surface area contributed by atoms with Gasteiger partial charge in [0.05, 0.1) is 0 Å². The first-order valence-electron chi connectivity index (χ1n) is 10.7. The fourth-order valence-electron chi connectivity index (χ4n) is 3.50. The average molecular weight is 363 g/mol. The number of hydrogen-bond donors (Lipinski definition) is 0. The van der Waals surface area contributed by atoms with Crippen LogP contribution in [0.1, 0.15) is 72.1 Å². The lowest BCUT2D eigenvalue weighted by Crippen LogP contribution is -2.25. The first-order valence-corrected chi connectivity index (χ1v) is 14.4. The monoisotopic (exact) mass is 362 g/mol. The Morgan fingerprint density at radius 1 is 0.880 bits per heavy atom. The highest BCUT2D eigenvalue weighted by Crippen LogP contribution is 2.27. The van der Waals surface area contributed by atoms with E-state index in [4.69, 9.17) is 0 Å². The zero-order chi connectivity index (χ0) is 19.1. The van der Waals surface area contributed by atoms with Crippen molar-refractivity contribution < 1.29 is 0 Å². The molecule has 0 aromatic rings. The largest absolute Gasteiger partial charge is 0.103 e. The van der Waals surface area contributed by atoms with Crippen LogP contribution >= 0.6 is 0 Å². The Morgan fingerprint density at radius 3 is 2.16 bits per heavy atom. The van der Waals surface area contributed by atoms with Crippen molar-refractivity contribution in [1.82, 2.24) is 0 Å². The van der Waals surface area contributed by atoms with Crippen LogP contribution in [-0.4, -0.2) is 8.07 Å². The van der Waals surface area contributed by atoms with E-state index in [1.807, 2.05) is 6.08 Å². The Kier molecular flexibility index (Phi) is 14.3. The molecular weight excluding hydrogens is 316 g/mol. The Bertz CT molecular complexity index is 370. The van der Waals surface area contributed by atoms with Gasteiger partial charge in [-0.25, -0.2) is 0 Å². The van der Waals surface area contributed by atoms with Crippen molar-refractivity contribution in [2.75, 3.05) is 0 Å². The van der Waals surface area contributed by atoms with Gasteiger partial charge in [0.15, 0.2) is 0 Å². The fraction of sp³-hybridized carbons (Fsp3) is 0.750. The summed E-state index contributed by atoms with van der Waals surface area (Å²) in [6.45, 7) is 18.4. The highest BCUT2D eigenvalue weighted by molar-refractivity contribution is 6.76. The van der Waals surface area contributed by atoms with Crippen LogP contribution in [0.2, 0.25) is 25.7 Å². The van der Waals surface area contributed by atoms with Crippen LogP contribution in [-0.2, 0) is 0 Å². The molecule has 0 spiro atoms. The van der Waals surface area contributed by atoms with Crippen LogP contribution in [0.3, 0.4) is 0 Å². The third-order valence-electron chi connectivity index (χ3n) is 4.83. The zero-order valence-corrected chi connectivity index (χ0v) is 19.2. The number of allylic oxidation sites excluding steroid dienone is 5. The summed E-state index contributed by atoms with van der Waals surface area (Å²) < 4.78 is 0. The minimum Gasteiger partial charge on any atom is -0.103 e. The van der Waals surface area contributed by atoms with E-state index in [2.05, 4.69) is 71.3 Å². The summed E-state index contributed by atoms with van der Waals surface area (Å²) in [4.78, 5) is 0. The minimum atomic E-state index is -0.990. The van der Waals surface area contributed by atoms with Gasteiger partial charge in [0.25, 0.3) is 0 Å². The van der Waals surface area contributed by atoms with E-state index in [0.717, 1.165) is 18.3 Å². The van der Waals surface area contributed by atoms with Gasteiger partial charge in [-0.3, -0.25) is 0 Å². The molecule has 0 N–H and O–H groups in total. The summed E-state index contributed by atoms with van der Waals surface area (Å²) in [7, 11) is -0.990. The summed E-state index contributed by atoms with van der Waals surface area (Å²) in [5.41, 5.74) is 0. The van der Waals surface area contributed by atoms with E-state index in [0.29, 0.717) is 5.92 Å². The second-order valence-electron chi connectivity index (χ2n) is 9.45. The van der Waals surface area contributed by atoms with Crippen molar-refractivity contribution in [3.8, 4) is 0 Å². The Balaban J connectivity index is 4.28. The van der Waals surface area contributed by atoms with Gasteiger partial charge in [-0.05, 0) is 43.4 Å². The van der Waals surface area contributed by atoms with Crippen LogP contribution in [0.25, 0.3) is 0 Å². The van der Waals surface area contributed by atoms with E-state index < -0.39 is 8.07 Å². The van der Waals surface area contributed by atoms with E-state index >= 15 is 0 Å². The van der Waals surface area contributed by atoms with Crippen LogP contribution in [0, 0.1) is 17.8 Å². The second kappa shape index (κ2) is 14.6. The lowest BCUT2D eigenvalue weighted by Gasteiger charge is -2.26. The van der Waals surface area contributed by atoms with Crippen LogP contribution in [0.5, 0.6) is 0 Å². The lowest BCUT2D eigenvalue weighted by molar-refractivity contribution is 0.463. The molecule has 0 aliphatic rings. The molecule has 0 fully saturated rings. The SMILES string of the molecule is C=CC/C=C/CC(/C=C/CCCCCCC(C)C)C(C)C[Si](C)(C)C. The van der Waals surface area contributed by atoms with Gasteiger partial charge in [-0.15, -0.1) is 6.58 Å². The standard InChI is InChI=1S/C24H46Si/c1-8-9-10-16-19-24(23(4)21-25(5,6)7)20-17-14-12-11-13-15-18-22(2)3/h8,10,16-17,20,22-24H,1,9,11-15,18-19,21H2,2-7H3/b16-10+,20-17+. The first kappa shape index (κ1) is 24.4. The van der Waals surface area contributed by atoms with Crippen molar-refractivity contribution >= 4 is 8.07 Å². The van der Waals surface area contributed by atoms with Gasteiger partial charge in [-0.1, -0.05) is 103 Å². The molecule has 1 heteroatoms. The molecule has 0 saturated heterocycles. The van der Waals surface area contributed by atoms with Crippen molar-refractivity contribution in [3.63, 3.8) is 0 Å². The highest BCUT2D eigenvalue weighted by Gasteiger charge is 2.21. The summed E-state index contributed by atoms with van der Waals surface area (Å²) >= 11 is 0. The molecule has 0 aliphatic heterocycles. The van der Waals surface area contributed by atoms with Gasteiger partial charge in [-0.2, -0.15) is 0 Å². The zero-order valence-electron chi connectivity index (χ0n) is 18.2. The molecule has 0 radical (unpaired) electrons. The quantitative estimate of drug-likeness (QED) is 0.155. The predicted molar refractivity (Wildman–Crippen MR) is 121 cm³/mol. The maximum atomic E-state index is 3.80. The number of unbranched alkanes of at least 4 members (excludes halogenated alkanes) is 4. The molecule has 0 aliphatic carbocycles. The lowest BCUT2D eigenvalue weighted by atomic mass is 9.91. The smallest absolute Gasteiger partial charge is 0.0445 e. The van der Waals surface area contributed by atoms with E-state index in [-0.39, 0.29) is 0 Å². The molecule has 146 valence electrons. The molecule has 0 nitrogen and oxygen atoms in total. The first-order chi connectivity index (χ1) is 11.8. The number of hydrogen-bond acceptors (Lipinski definition) is 0. The predicted octanol–water partition coefficient (Wildman–Crippen LogP) is 8.65. The van der Waals surface area contributed by atoms with E-state index in [1.165, 1.54) is 51.0 Å². The molecule has 0 amide bonds. The Labute approximate surface area is 160 Å². The van der Waals surface area contributed by atoms with Gasteiger partial charge in [0, 0.05) is 8.07 Å². The molecule has 0 rings (SSSR count). The molecule has 25 heavy (non-hydrogen) atoms. The third-order valence-corrected chi connectivity index (χ3v) is 6.70. The van der Waals surface area contributed by atoms with Gasteiger partial charge < -0.3 is 0 Å². The molecule has 0 bridgehead atoms. The molecule has 2 atom stereocenters. The topological polar surface area (TPSA) is 0 Å². The molecule has 0 heterocycles. The van der Waals surface area contributed by atoms with E-state index in [9.17, 15) is 0 Å². The number of rotatable bonds is 15. The van der Waals surface area contributed by atoms with Gasteiger partial charge >= 0.3 is 0 Å². The molecule has 0 aromatic carbocycles. The van der Waals surface area contributed by atoms with Crippen molar-refractivity contribution in [1.29, 1.82) is 0 Å². The normalized spacial score (nSPS) is 15.3. The summed E-state index contributed by atoms with van der Waals surface area (Å²) in [6, 6.07) is 1.42. The Morgan fingerprint density at radius 2 is 1.56 bits per heavy atom. The van der Waals surface area contributed by atoms with Crippen LogP contribution in [0.4, 0.5) is 0 Å². The van der Waals surface area contributed by atoms with Gasteiger partial charge in [0.1, 0.15) is 0 Å². The summed E-state index contributed by atoms with van der Waals surface area (Å²) in [5.74, 6) is 2.36. The average Bonchev–Trinajstić information content (AvgIpc) is 2.49. The molecular formula is C24H46Si. The maximum Gasteiger partial charge on any atom is 0.0445 e. The van der Waals surface area contributed by atoms with E-state index in [1.54, 1.807) is 0 Å². The van der Waals surface area contributed by atoms with Crippen molar-refractivity contribution in [2.45, 2.75) is 97.8 Å². The Hall–Kier alpha value is -0.563. The van der Waals surface area contributed by atoms with Crippen LogP contribution < -0.4 is 0 Å². The summed E-state index contributed by atoms with van der Waals surface area (Å²) in [5, 5.41) is 0. The second-order valence-corrected chi connectivity index (χ2v) is 15.0. The molecule has 0 saturated carbocycles. The molecule has 0 aromatic heterocycles. The fourth-order valence-corrected chi connectivity index (χ4v) is 5.74. The van der Waals surface area contributed by atoms with Crippen molar-refractivity contribution in [3.05, 3.63) is 37.0 Å². The minimum absolute atomic E-state index is 0.703.